The van der Waals surface area contributed by atoms with Crippen LogP contribution in [0.15, 0.2) is 36.9 Å². The van der Waals surface area contributed by atoms with Crippen LogP contribution in [0.1, 0.15) is 36.8 Å². The second-order valence-electron chi connectivity index (χ2n) is 7.67. The van der Waals surface area contributed by atoms with Crippen LogP contribution in [0.5, 0.6) is 0 Å². The minimum Gasteiger partial charge on any atom is -0.375 e. The Balaban J connectivity index is 1.60. The summed E-state index contributed by atoms with van der Waals surface area (Å²) in [6.45, 7) is 3.96. The molecule has 0 bridgehead atoms. The highest BCUT2D eigenvalue weighted by atomic mass is 35.5. The average Bonchev–Trinajstić information content (AvgIpc) is 3.39. The third-order valence-electron chi connectivity index (χ3n) is 4.98. The van der Waals surface area contributed by atoms with Crippen molar-refractivity contribution in [3.05, 3.63) is 64.7 Å². The number of nitrogens with zero attached hydrogens (tertiary/aromatic N) is 7. The van der Waals surface area contributed by atoms with Gasteiger partial charge in [0.05, 0.1) is 23.1 Å². The lowest BCUT2D eigenvalue weighted by atomic mass is 9.96. The lowest BCUT2D eigenvalue weighted by Gasteiger charge is -2.23. The normalized spacial score (nSPS) is 12.6. The van der Waals surface area contributed by atoms with Crippen molar-refractivity contribution < 1.29 is 13.9 Å². The minimum atomic E-state index is -0.645. The second-order valence-corrected chi connectivity index (χ2v) is 8.07. The second kappa shape index (κ2) is 9.09. The maximum absolute atomic E-state index is 13.8. The summed E-state index contributed by atoms with van der Waals surface area (Å²) in [6, 6.07) is 2.91. The van der Waals surface area contributed by atoms with E-state index in [1.54, 1.807) is 25.6 Å². The summed E-state index contributed by atoms with van der Waals surface area (Å²) < 4.78 is 20.9. The van der Waals surface area contributed by atoms with Gasteiger partial charge in [-0.1, -0.05) is 25.4 Å². The highest BCUT2D eigenvalue weighted by molar-refractivity contribution is 6.32. The zero-order chi connectivity index (χ0) is 22.8. The molecule has 4 aromatic heterocycles. The first-order chi connectivity index (χ1) is 15.4. The van der Waals surface area contributed by atoms with Crippen molar-refractivity contribution in [2.75, 3.05) is 7.11 Å². The number of ketones is 1. The van der Waals surface area contributed by atoms with Crippen molar-refractivity contribution in [2.45, 2.75) is 32.8 Å². The Morgan fingerprint density at radius 3 is 2.56 bits per heavy atom. The molecule has 0 radical (unpaired) electrons. The zero-order valence-electron chi connectivity index (χ0n) is 17.7. The topological polar surface area (TPSA) is 100 Å². The smallest absolute Gasteiger partial charge is 0.235 e. The summed E-state index contributed by atoms with van der Waals surface area (Å²) in [5, 5.41) is 12.3. The molecule has 4 heterocycles. The molecule has 0 unspecified atom stereocenters. The Hall–Kier alpha value is -3.24. The molecule has 0 amide bonds. The van der Waals surface area contributed by atoms with Gasteiger partial charge in [0.2, 0.25) is 5.95 Å². The summed E-state index contributed by atoms with van der Waals surface area (Å²) in [5.74, 6) is -0.279. The molecule has 166 valence electrons. The zero-order valence-corrected chi connectivity index (χ0v) is 18.5. The lowest BCUT2D eigenvalue weighted by molar-refractivity contribution is -0.117. The van der Waals surface area contributed by atoms with Gasteiger partial charge in [-0.05, 0) is 17.5 Å². The van der Waals surface area contributed by atoms with E-state index in [0.29, 0.717) is 33.3 Å². The molecule has 0 aromatic carbocycles. The van der Waals surface area contributed by atoms with Gasteiger partial charge >= 0.3 is 0 Å². The first-order valence-electron chi connectivity index (χ1n) is 9.96. The third-order valence-corrected chi connectivity index (χ3v) is 5.25. The van der Waals surface area contributed by atoms with Crippen LogP contribution in [-0.4, -0.2) is 47.5 Å². The van der Waals surface area contributed by atoms with E-state index >= 15 is 0 Å². The SMILES string of the molecule is CO[C@H](c1c(CC(=O)Cc2cnc(-n3nccn3)c(Cl)c2)cnc2cc(F)nn12)C(C)C. The summed E-state index contributed by atoms with van der Waals surface area (Å²) in [7, 11) is 1.58. The van der Waals surface area contributed by atoms with Crippen molar-refractivity contribution in [3.8, 4) is 5.82 Å². The summed E-state index contributed by atoms with van der Waals surface area (Å²) in [4.78, 5) is 22.7. The number of Topliss-reactive ketones (excluding diaryl/α,β-unsaturated/α-hetero) is 1. The van der Waals surface area contributed by atoms with Gasteiger partial charge in [0, 0.05) is 44.0 Å². The maximum atomic E-state index is 13.8. The van der Waals surface area contributed by atoms with E-state index < -0.39 is 5.95 Å². The fourth-order valence-corrected chi connectivity index (χ4v) is 3.90. The fraction of sp³-hybridized carbons (Fsp3) is 0.333. The lowest BCUT2D eigenvalue weighted by Crippen LogP contribution is -2.19. The highest BCUT2D eigenvalue weighted by Gasteiger charge is 2.25. The van der Waals surface area contributed by atoms with Gasteiger partial charge in [-0.2, -0.15) is 14.6 Å². The molecule has 0 spiro atoms. The monoisotopic (exact) mass is 457 g/mol. The van der Waals surface area contributed by atoms with E-state index in [-0.39, 0.29) is 30.6 Å². The highest BCUT2D eigenvalue weighted by Crippen LogP contribution is 2.29. The number of ether oxygens (including phenoxy) is 1. The summed E-state index contributed by atoms with van der Waals surface area (Å²) in [5.41, 5.74) is 2.25. The first kappa shape index (κ1) is 22.0. The fourth-order valence-electron chi connectivity index (χ4n) is 3.64. The molecule has 4 aromatic rings. The van der Waals surface area contributed by atoms with Crippen molar-refractivity contribution in [3.63, 3.8) is 0 Å². The number of hydrogen-bond acceptors (Lipinski definition) is 7. The number of hydrogen-bond donors (Lipinski definition) is 0. The number of halogens is 2. The molecule has 0 saturated heterocycles. The van der Waals surface area contributed by atoms with Gasteiger partial charge in [-0.25, -0.2) is 14.5 Å². The van der Waals surface area contributed by atoms with Crippen molar-refractivity contribution in [2.24, 2.45) is 5.92 Å². The number of fused-ring (bicyclic) bond motifs is 1. The molecule has 0 aliphatic heterocycles. The Kier molecular flexibility index (Phi) is 6.24. The molecule has 0 saturated carbocycles. The van der Waals surface area contributed by atoms with Gasteiger partial charge in [-0.15, -0.1) is 9.90 Å². The molecule has 0 fully saturated rings. The van der Waals surface area contributed by atoms with Gasteiger partial charge in [0.25, 0.3) is 0 Å². The van der Waals surface area contributed by atoms with Crippen LogP contribution in [-0.2, 0) is 22.4 Å². The van der Waals surface area contributed by atoms with Crippen molar-refractivity contribution in [1.29, 1.82) is 0 Å². The molecule has 9 nitrogen and oxygen atoms in total. The molecule has 11 heteroatoms. The predicted octanol–water partition coefficient (Wildman–Crippen LogP) is 3.20. The number of aromatic nitrogens is 7. The Morgan fingerprint density at radius 2 is 1.91 bits per heavy atom. The van der Waals surface area contributed by atoms with E-state index in [4.69, 9.17) is 16.3 Å². The Labute approximate surface area is 188 Å². The predicted molar refractivity (Wildman–Crippen MR) is 114 cm³/mol. The van der Waals surface area contributed by atoms with E-state index in [9.17, 15) is 9.18 Å². The molecule has 0 aliphatic rings. The van der Waals surface area contributed by atoms with E-state index in [1.807, 2.05) is 13.8 Å². The number of methoxy groups -OCH3 is 1. The quantitative estimate of drug-likeness (QED) is 0.400. The van der Waals surface area contributed by atoms with Crippen molar-refractivity contribution in [1.82, 2.24) is 34.6 Å². The van der Waals surface area contributed by atoms with E-state index in [0.717, 1.165) is 0 Å². The van der Waals surface area contributed by atoms with Crippen LogP contribution in [0.25, 0.3) is 11.5 Å². The molecule has 4 rings (SSSR count). The number of carbonyl (C=O) groups is 1. The van der Waals surface area contributed by atoms with Crippen LogP contribution in [0, 0.1) is 11.9 Å². The van der Waals surface area contributed by atoms with Crippen molar-refractivity contribution >= 4 is 23.0 Å². The molecule has 0 aliphatic carbocycles. The van der Waals surface area contributed by atoms with Crippen LogP contribution < -0.4 is 0 Å². The molecular formula is C21H21ClFN7O2. The summed E-state index contributed by atoms with van der Waals surface area (Å²) >= 11 is 6.30. The van der Waals surface area contributed by atoms with Crippen LogP contribution in [0.2, 0.25) is 5.02 Å². The molecule has 0 N–H and O–H groups in total. The van der Waals surface area contributed by atoms with Crippen LogP contribution in [0.3, 0.4) is 0 Å². The maximum Gasteiger partial charge on any atom is 0.235 e. The van der Waals surface area contributed by atoms with Gasteiger partial charge in [-0.3, -0.25) is 4.79 Å². The number of pyridine rings is 1. The number of carbonyl (C=O) groups excluding carboxylic acids is 1. The third kappa shape index (κ3) is 4.37. The average molecular weight is 458 g/mol. The van der Waals surface area contributed by atoms with Crippen LogP contribution in [0.4, 0.5) is 4.39 Å². The van der Waals surface area contributed by atoms with Gasteiger partial charge in [0.1, 0.15) is 11.9 Å². The largest absolute Gasteiger partial charge is 0.375 e. The number of rotatable bonds is 8. The molecule has 1 atom stereocenters. The van der Waals surface area contributed by atoms with Gasteiger partial charge in [0.15, 0.2) is 11.5 Å². The summed E-state index contributed by atoms with van der Waals surface area (Å²) in [6.07, 6.45) is 5.99. The van der Waals surface area contributed by atoms with E-state index in [2.05, 4.69) is 25.3 Å². The molecule has 32 heavy (non-hydrogen) atoms. The Morgan fingerprint density at radius 1 is 1.16 bits per heavy atom. The molecular weight excluding hydrogens is 437 g/mol. The Bertz CT molecular complexity index is 1260. The van der Waals surface area contributed by atoms with E-state index in [1.165, 1.54) is 27.8 Å². The van der Waals surface area contributed by atoms with Crippen LogP contribution >= 0.6 is 11.6 Å². The standard InChI is InChI=1S/C21H21ClFN7O2/c1-12(2)20(32-3)19-14(11-24-18-9-17(23)28-29(18)19)8-15(31)6-13-7-16(22)21(25-10-13)30-26-4-5-27-30/h4-5,7,9-12,20H,6,8H2,1-3H3/t20-/m0/s1. The van der Waals surface area contributed by atoms with Gasteiger partial charge < -0.3 is 4.74 Å². The minimum absolute atomic E-state index is 0.0677. The first-order valence-corrected chi connectivity index (χ1v) is 10.3.